The van der Waals surface area contributed by atoms with E-state index >= 15 is 0 Å². The topological polar surface area (TPSA) is 43.1 Å². The molecule has 2 aromatic rings. The highest BCUT2D eigenvalue weighted by molar-refractivity contribution is 5.91. The number of hydrogen-bond acceptors (Lipinski definition) is 3. The van der Waals surface area contributed by atoms with E-state index in [9.17, 15) is 9.18 Å². The molecule has 4 heteroatoms. The van der Waals surface area contributed by atoms with Crippen LogP contribution >= 0.6 is 0 Å². The Kier molecular flexibility index (Phi) is 2.33. The van der Waals surface area contributed by atoms with E-state index in [1.54, 1.807) is 18.2 Å². The van der Waals surface area contributed by atoms with Crippen LogP contribution in [0.5, 0.6) is 0 Å². The summed E-state index contributed by atoms with van der Waals surface area (Å²) in [5.41, 5.74) is 0.643. The number of furan rings is 1. The molecular formula is C11H8FNO2. The van der Waals surface area contributed by atoms with E-state index in [-0.39, 0.29) is 11.5 Å². The van der Waals surface area contributed by atoms with Gasteiger partial charge in [-0.25, -0.2) is 4.98 Å². The van der Waals surface area contributed by atoms with Crippen LogP contribution in [-0.2, 0) is 0 Å². The van der Waals surface area contributed by atoms with Crippen molar-refractivity contribution in [1.29, 1.82) is 0 Å². The van der Waals surface area contributed by atoms with E-state index in [2.05, 4.69) is 4.98 Å². The maximum atomic E-state index is 12.5. The van der Waals surface area contributed by atoms with Gasteiger partial charge in [-0.2, -0.15) is 4.39 Å². The van der Waals surface area contributed by atoms with Gasteiger partial charge in [0.05, 0.1) is 0 Å². The summed E-state index contributed by atoms with van der Waals surface area (Å²) in [5, 5.41) is 0. The Bertz CT molecular complexity index is 488. The summed E-state index contributed by atoms with van der Waals surface area (Å²) in [6.07, 6.45) is 1.36. The number of rotatable bonds is 2. The summed E-state index contributed by atoms with van der Waals surface area (Å²) in [6.45, 7) is 1.42. The van der Waals surface area contributed by atoms with E-state index in [1.165, 1.54) is 19.2 Å². The van der Waals surface area contributed by atoms with Gasteiger partial charge in [0.25, 0.3) is 0 Å². The number of ketones is 1. The molecular weight excluding hydrogens is 197 g/mol. The van der Waals surface area contributed by atoms with Crippen molar-refractivity contribution in [3.63, 3.8) is 0 Å². The summed E-state index contributed by atoms with van der Waals surface area (Å²) in [4.78, 5) is 14.5. The average Bonchev–Trinajstić information content (AvgIpc) is 2.68. The first-order valence-corrected chi connectivity index (χ1v) is 4.39. The van der Waals surface area contributed by atoms with Crippen molar-refractivity contribution in [2.45, 2.75) is 6.92 Å². The van der Waals surface area contributed by atoms with Crippen LogP contribution in [0.4, 0.5) is 4.39 Å². The van der Waals surface area contributed by atoms with Gasteiger partial charge >= 0.3 is 0 Å². The number of nitrogens with zero attached hydrogens (tertiary/aromatic N) is 1. The summed E-state index contributed by atoms with van der Waals surface area (Å²) in [6, 6.07) is 6.03. The Morgan fingerprint density at radius 3 is 2.67 bits per heavy atom. The molecule has 0 bridgehead atoms. The molecule has 0 aliphatic heterocycles. The lowest BCUT2D eigenvalue weighted by Gasteiger charge is -1.95. The van der Waals surface area contributed by atoms with Crippen LogP contribution in [0.2, 0.25) is 0 Å². The highest BCUT2D eigenvalue weighted by Crippen LogP contribution is 2.21. The van der Waals surface area contributed by atoms with Crippen LogP contribution in [0.25, 0.3) is 11.3 Å². The van der Waals surface area contributed by atoms with E-state index in [4.69, 9.17) is 4.42 Å². The third-order valence-electron chi connectivity index (χ3n) is 1.96. The molecule has 0 amide bonds. The lowest BCUT2D eigenvalue weighted by Crippen LogP contribution is -1.86. The maximum Gasteiger partial charge on any atom is 0.212 e. The van der Waals surface area contributed by atoms with Crippen molar-refractivity contribution in [3.8, 4) is 11.3 Å². The molecule has 3 nitrogen and oxygen atoms in total. The van der Waals surface area contributed by atoms with E-state index in [1.807, 2.05) is 0 Å². The Morgan fingerprint density at radius 2 is 2.13 bits per heavy atom. The third kappa shape index (κ3) is 1.93. The van der Waals surface area contributed by atoms with Crippen LogP contribution < -0.4 is 0 Å². The van der Waals surface area contributed by atoms with Gasteiger partial charge in [0.15, 0.2) is 11.5 Å². The fourth-order valence-corrected chi connectivity index (χ4v) is 1.20. The summed E-state index contributed by atoms with van der Waals surface area (Å²) < 4.78 is 17.8. The Hall–Kier alpha value is -1.97. The van der Waals surface area contributed by atoms with Crippen molar-refractivity contribution in [1.82, 2.24) is 4.98 Å². The van der Waals surface area contributed by atoms with E-state index < -0.39 is 5.95 Å². The molecule has 0 aliphatic carbocycles. The van der Waals surface area contributed by atoms with E-state index in [0.29, 0.717) is 11.3 Å². The van der Waals surface area contributed by atoms with Crippen molar-refractivity contribution in [2.75, 3.05) is 0 Å². The maximum absolute atomic E-state index is 12.5. The minimum absolute atomic E-state index is 0.142. The summed E-state index contributed by atoms with van der Waals surface area (Å²) in [5.74, 6) is 0.107. The molecule has 0 spiro atoms. The van der Waals surface area contributed by atoms with Gasteiger partial charge in [0.1, 0.15) is 5.76 Å². The first kappa shape index (κ1) is 9.58. The molecule has 0 fully saturated rings. The van der Waals surface area contributed by atoms with Gasteiger partial charge < -0.3 is 4.42 Å². The fraction of sp³-hybridized carbons (Fsp3) is 0.0909. The number of aromatic nitrogens is 1. The van der Waals surface area contributed by atoms with Gasteiger partial charge in [-0.1, -0.05) is 0 Å². The van der Waals surface area contributed by atoms with Crippen molar-refractivity contribution in [2.24, 2.45) is 0 Å². The van der Waals surface area contributed by atoms with Crippen LogP contribution in [0.1, 0.15) is 17.5 Å². The monoisotopic (exact) mass is 205 g/mol. The molecule has 0 radical (unpaired) electrons. The molecule has 15 heavy (non-hydrogen) atoms. The molecule has 0 aliphatic rings. The fourth-order valence-electron chi connectivity index (χ4n) is 1.20. The standard InChI is InChI=1S/C11H8FNO2/c1-7(14)9-3-4-10(15-9)8-2-5-11(12)13-6-8/h2-6H,1H3. The minimum atomic E-state index is -0.544. The van der Waals surface area contributed by atoms with Crippen molar-refractivity contribution < 1.29 is 13.6 Å². The zero-order valence-corrected chi connectivity index (χ0v) is 8.03. The number of carbonyl (C=O) groups excluding carboxylic acids is 1. The zero-order valence-electron chi connectivity index (χ0n) is 8.03. The SMILES string of the molecule is CC(=O)c1ccc(-c2ccc(F)nc2)o1. The smallest absolute Gasteiger partial charge is 0.212 e. The van der Waals surface area contributed by atoms with Crippen molar-refractivity contribution >= 4 is 5.78 Å². The van der Waals surface area contributed by atoms with Gasteiger partial charge in [0, 0.05) is 18.7 Å². The van der Waals surface area contributed by atoms with Crippen LogP contribution in [0.15, 0.2) is 34.9 Å². The molecule has 0 aromatic carbocycles. The molecule has 2 rings (SSSR count). The second kappa shape index (κ2) is 3.65. The third-order valence-corrected chi connectivity index (χ3v) is 1.96. The number of halogens is 1. The second-order valence-electron chi connectivity index (χ2n) is 3.09. The highest BCUT2D eigenvalue weighted by atomic mass is 19.1. The number of hydrogen-bond donors (Lipinski definition) is 0. The normalized spacial score (nSPS) is 10.3. The lowest BCUT2D eigenvalue weighted by molar-refractivity contribution is 0.0988. The number of Topliss-reactive ketones (excluding diaryl/α,β-unsaturated/α-hetero) is 1. The van der Waals surface area contributed by atoms with Gasteiger partial charge in [-0.15, -0.1) is 0 Å². The average molecular weight is 205 g/mol. The van der Waals surface area contributed by atoms with Gasteiger partial charge in [-0.05, 0) is 24.3 Å². The number of carbonyl (C=O) groups is 1. The Labute approximate surface area is 85.6 Å². The molecule has 0 unspecified atom stereocenters. The molecule has 0 N–H and O–H groups in total. The Balaban J connectivity index is 2.37. The molecule has 2 aromatic heterocycles. The van der Waals surface area contributed by atoms with Crippen molar-refractivity contribution in [3.05, 3.63) is 42.2 Å². The predicted octanol–water partition coefficient (Wildman–Crippen LogP) is 2.68. The Morgan fingerprint density at radius 1 is 1.33 bits per heavy atom. The molecule has 0 atom stereocenters. The molecule has 0 saturated heterocycles. The minimum Gasteiger partial charge on any atom is -0.453 e. The molecule has 2 heterocycles. The predicted molar refractivity (Wildman–Crippen MR) is 51.9 cm³/mol. The van der Waals surface area contributed by atoms with Crippen LogP contribution in [0, 0.1) is 5.95 Å². The van der Waals surface area contributed by atoms with Gasteiger partial charge in [0.2, 0.25) is 5.95 Å². The molecule has 0 saturated carbocycles. The first-order valence-electron chi connectivity index (χ1n) is 4.39. The summed E-state index contributed by atoms with van der Waals surface area (Å²) >= 11 is 0. The zero-order chi connectivity index (χ0) is 10.8. The lowest BCUT2D eigenvalue weighted by atomic mass is 10.2. The largest absolute Gasteiger partial charge is 0.453 e. The first-order chi connectivity index (χ1) is 7.16. The molecule has 76 valence electrons. The highest BCUT2D eigenvalue weighted by Gasteiger charge is 2.08. The van der Waals surface area contributed by atoms with Crippen LogP contribution in [-0.4, -0.2) is 10.8 Å². The van der Waals surface area contributed by atoms with Gasteiger partial charge in [-0.3, -0.25) is 4.79 Å². The van der Waals surface area contributed by atoms with E-state index in [0.717, 1.165) is 0 Å². The summed E-state index contributed by atoms with van der Waals surface area (Å²) in [7, 11) is 0. The quantitative estimate of drug-likeness (QED) is 0.559. The van der Waals surface area contributed by atoms with Crippen LogP contribution in [0.3, 0.4) is 0 Å². The number of pyridine rings is 1. The second-order valence-corrected chi connectivity index (χ2v) is 3.09.